The highest BCUT2D eigenvalue weighted by atomic mass is 16.5. The van der Waals surface area contributed by atoms with Gasteiger partial charge in [0.1, 0.15) is 0 Å². The molecule has 1 aromatic carbocycles. The van der Waals surface area contributed by atoms with Crippen molar-refractivity contribution in [1.29, 1.82) is 0 Å². The van der Waals surface area contributed by atoms with E-state index >= 15 is 0 Å². The number of hydrogen-bond acceptors (Lipinski definition) is 4. The van der Waals surface area contributed by atoms with E-state index < -0.39 is 0 Å². The van der Waals surface area contributed by atoms with Crippen LogP contribution in [0.2, 0.25) is 0 Å². The normalized spacial score (nSPS) is 22.1. The smallest absolute Gasteiger partial charge is 0.237 e. The van der Waals surface area contributed by atoms with E-state index in [2.05, 4.69) is 10.6 Å². The second kappa shape index (κ2) is 6.80. The summed E-state index contributed by atoms with van der Waals surface area (Å²) < 4.78 is 11.5. The molecule has 2 aliphatic rings. The summed E-state index contributed by atoms with van der Waals surface area (Å²) in [5, 5.41) is 6.30. The van der Waals surface area contributed by atoms with Crippen molar-refractivity contribution in [2.75, 3.05) is 19.8 Å². The molecular weight excluding hydrogens is 268 g/mol. The number of rotatable bonds is 3. The van der Waals surface area contributed by atoms with Gasteiger partial charge in [-0.25, -0.2) is 0 Å². The Bertz CT molecular complexity index is 504. The van der Waals surface area contributed by atoms with Crippen molar-refractivity contribution in [3.8, 4) is 11.5 Å². The molecule has 3 rings (SSSR count). The predicted octanol–water partition coefficient (Wildman–Crippen LogP) is 1.61. The van der Waals surface area contributed by atoms with Crippen molar-refractivity contribution in [2.45, 2.75) is 38.3 Å². The molecule has 2 N–H and O–H groups in total. The van der Waals surface area contributed by atoms with Gasteiger partial charge in [-0.05, 0) is 25.3 Å². The van der Waals surface area contributed by atoms with E-state index in [4.69, 9.17) is 9.47 Å². The molecule has 1 atom stereocenters. The summed E-state index contributed by atoms with van der Waals surface area (Å²) in [7, 11) is 0. The van der Waals surface area contributed by atoms with Crippen LogP contribution in [0.5, 0.6) is 11.5 Å². The maximum atomic E-state index is 11.9. The summed E-state index contributed by atoms with van der Waals surface area (Å²) in [5.41, 5.74) is 1.05. The molecule has 1 saturated heterocycles. The fraction of sp³-hybridized carbons (Fsp3) is 0.562. The molecule has 5 nitrogen and oxygen atoms in total. The minimum Gasteiger partial charge on any atom is -0.490 e. The van der Waals surface area contributed by atoms with Gasteiger partial charge in [-0.15, -0.1) is 0 Å². The molecule has 21 heavy (non-hydrogen) atoms. The molecule has 1 fully saturated rings. The van der Waals surface area contributed by atoms with Gasteiger partial charge in [0, 0.05) is 25.1 Å². The highest BCUT2D eigenvalue weighted by molar-refractivity contribution is 5.81. The second-order valence-electron chi connectivity index (χ2n) is 5.52. The van der Waals surface area contributed by atoms with Crippen molar-refractivity contribution in [2.24, 2.45) is 0 Å². The standard InChI is InChI=1S/C16H22N2O3/c19-16-13(6-1-2-8-17-16)18-11-12-5-3-7-14-15(12)21-10-4-9-20-14/h3,5,7,13,18H,1-2,4,6,8-11H2,(H,17,19). The number of fused-ring (bicyclic) bond motifs is 1. The molecule has 0 radical (unpaired) electrons. The Morgan fingerprint density at radius 2 is 2.10 bits per heavy atom. The fourth-order valence-electron chi connectivity index (χ4n) is 2.76. The average Bonchev–Trinajstić information content (AvgIpc) is 2.85. The summed E-state index contributed by atoms with van der Waals surface area (Å²) in [6.07, 6.45) is 3.91. The number of benzene rings is 1. The maximum Gasteiger partial charge on any atom is 0.237 e. The van der Waals surface area contributed by atoms with Gasteiger partial charge in [0.25, 0.3) is 0 Å². The van der Waals surface area contributed by atoms with Crippen LogP contribution in [0.15, 0.2) is 18.2 Å². The highest BCUT2D eigenvalue weighted by Gasteiger charge is 2.21. The van der Waals surface area contributed by atoms with Crippen LogP contribution in [0.4, 0.5) is 0 Å². The number of nitrogens with one attached hydrogen (secondary N) is 2. The van der Waals surface area contributed by atoms with Gasteiger partial charge >= 0.3 is 0 Å². The Morgan fingerprint density at radius 1 is 1.19 bits per heavy atom. The summed E-state index contributed by atoms with van der Waals surface area (Å²) >= 11 is 0. The van der Waals surface area contributed by atoms with E-state index in [1.807, 2.05) is 18.2 Å². The molecule has 1 aromatic rings. The number of para-hydroxylation sites is 1. The number of carbonyl (C=O) groups excluding carboxylic acids is 1. The van der Waals surface area contributed by atoms with Crippen LogP contribution in [0, 0.1) is 0 Å². The first-order valence-corrected chi connectivity index (χ1v) is 7.73. The van der Waals surface area contributed by atoms with Gasteiger partial charge in [0.2, 0.25) is 5.91 Å². The van der Waals surface area contributed by atoms with Gasteiger partial charge in [-0.3, -0.25) is 4.79 Å². The minimum atomic E-state index is -0.116. The molecular formula is C16H22N2O3. The third kappa shape index (κ3) is 3.47. The summed E-state index contributed by atoms with van der Waals surface area (Å²) in [6.45, 7) is 2.77. The van der Waals surface area contributed by atoms with Crippen LogP contribution < -0.4 is 20.1 Å². The van der Waals surface area contributed by atoms with Gasteiger partial charge in [0.05, 0.1) is 19.3 Å². The van der Waals surface area contributed by atoms with E-state index in [-0.39, 0.29) is 11.9 Å². The topological polar surface area (TPSA) is 59.6 Å². The lowest BCUT2D eigenvalue weighted by atomic mass is 10.1. The predicted molar refractivity (Wildman–Crippen MR) is 79.5 cm³/mol. The molecule has 0 aromatic heterocycles. The van der Waals surface area contributed by atoms with Crippen LogP contribution in [0.25, 0.3) is 0 Å². The zero-order valence-corrected chi connectivity index (χ0v) is 12.2. The van der Waals surface area contributed by atoms with Crippen LogP contribution in [0.1, 0.15) is 31.2 Å². The van der Waals surface area contributed by atoms with Gasteiger partial charge in [-0.1, -0.05) is 12.1 Å². The Morgan fingerprint density at radius 3 is 3.05 bits per heavy atom. The molecule has 0 aliphatic carbocycles. The van der Waals surface area contributed by atoms with E-state index in [0.29, 0.717) is 19.8 Å². The van der Waals surface area contributed by atoms with Crippen molar-refractivity contribution in [1.82, 2.24) is 10.6 Å². The lowest BCUT2D eigenvalue weighted by molar-refractivity contribution is -0.122. The minimum absolute atomic E-state index is 0.103. The molecule has 5 heteroatoms. The summed E-state index contributed by atoms with van der Waals surface area (Å²) in [5.74, 6) is 1.72. The summed E-state index contributed by atoms with van der Waals surface area (Å²) in [4.78, 5) is 11.9. The van der Waals surface area contributed by atoms with Crippen LogP contribution in [-0.4, -0.2) is 31.7 Å². The highest BCUT2D eigenvalue weighted by Crippen LogP contribution is 2.33. The largest absolute Gasteiger partial charge is 0.490 e. The molecule has 2 heterocycles. The zero-order chi connectivity index (χ0) is 14.5. The molecule has 1 unspecified atom stereocenters. The van der Waals surface area contributed by atoms with Crippen LogP contribution in [0.3, 0.4) is 0 Å². The molecule has 114 valence electrons. The number of ether oxygens (including phenoxy) is 2. The third-order valence-corrected chi connectivity index (χ3v) is 3.93. The van der Waals surface area contributed by atoms with Crippen molar-refractivity contribution < 1.29 is 14.3 Å². The van der Waals surface area contributed by atoms with Crippen molar-refractivity contribution in [3.05, 3.63) is 23.8 Å². The molecule has 0 saturated carbocycles. The second-order valence-corrected chi connectivity index (χ2v) is 5.52. The Kier molecular flexibility index (Phi) is 4.60. The Balaban J connectivity index is 1.68. The van der Waals surface area contributed by atoms with Gasteiger partial charge < -0.3 is 20.1 Å². The SMILES string of the molecule is O=C1NCCCCC1NCc1cccc2c1OCCCO2. The Hall–Kier alpha value is -1.75. The first kappa shape index (κ1) is 14.2. The van der Waals surface area contributed by atoms with E-state index in [1.165, 1.54) is 0 Å². The van der Waals surface area contributed by atoms with E-state index in [0.717, 1.165) is 49.3 Å². The van der Waals surface area contributed by atoms with Gasteiger partial charge in [0.15, 0.2) is 11.5 Å². The molecule has 2 aliphatic heterocycles. The Labute approximate surface area is 125 Å². The number of amides is 1. The molecule has 1 amide bonds. The molecule has 0 bridgehead atoms. The van der Waals surface area contributed by atoms with E-state index in [1.54, 1.807) is 0 Å². The van der Waals surface area contributed by atoms with Crippen LogP contribution >= 0.6 is 0 Å². The maximum absolute atomic E-state index is 11.9. The molecule has 0 spiro atoms. The lowest BCUT2D eigenvalue weighted by Gasteiger charge is -2.17. The van der Waals surface area contributed by atoms with Crippen LogP contribution in [-0.2, 0) is 11.3 Å². The van der Waals surface area contributed by atoms with Crippen molar-refractivity contribution >= 4 is 5.91 Å². The number of hydrogen-bond donors (Lipinski definition) is 2. The first-order valence-electron chi connectivity index (χ1n) is 7.73. The zero-order valence-electron chi connectivity index (χ0n) is 12.2. The summed E-state index contributed by atoms with van der Waals surface area (Å²) in [6, 6.07) is 5.81. The van der Waals surface area contributed by atoms with Gasteiger partial charge in [-0.2, -0.15) is 0 Å². The van der Waals surface area contributed by atoms with E-state index in [9.17, 15) is 4.79 Å². The first-order chi connectivity index (χ1) is 10.3. The monoisotopic (exact) mass is 290 g/mol. The number of carbonyl (C=O) groups is 1. The lowest BCUT2D eigenvalue weighted by Crippen LogP contribution is -2.42. The third-order valence-electron chi connectivity index (χ3n) is 3.93. The van der Waals surface area contributed by atoms with Crippen molar-refractivity contribution in [3.63, 3.8) is 0 Å². The average molecular weight is 290 g/mol. The fourth-order valence-corrected chi connectivity index (χ4v) is 2.76. The quantitative estimate of drug-likeness (QED) is 0.888.